The first-order valence-electron chi connectivity index (χ1n) is 8.66. The van der Waals surface area contributed by atoms with E-state index in [1.807, 2.05) is 24.3 Å². The highest BCUT2D eigenvalue weighted by Crippen LogP contribution is 2.28. The van der Waals surface area contributed by atoms with Crippen LogP contribution in [0.15, 0.2) is 57.8 Å². The fourth-order valence-electron chi connectivity index (χ4n) is 3.28. The molecule has 1 amide bonds. The zero-order valence-corrected chi connectivity index (χ0v) is 14.3. The van der Waals surface area contributed by atoms with Gasteiger partial charge < -0.3 is 13.8 Å². The fraction of sp³-hybridized carbons (Fsp3) is 0.211. The molecular formula is C19H15N5O3. The van der Waals surface area contributed by atoms with Gasteiger partial charge in [0.15, 0.2) is 11.6 Å². The second-order valence-electron chi connectivity index (χ2n) is 6.42. The van der Waals surface area contributed by atoms with Crippen molar-refractivity contribution < 1.29 is 13.7 Å². The van der Waals surface area contributed by atoms with Crippen molar-refractivity contribution in [3.63, 3.8) is 0 Å². The molecule has 0 unspecified atom stereocenters. The minimum Gasteiger partial charge on any atom is -0.459 e. The SMILES string of the molecule is O=C(c1cnc2ccccc2n1)N1CC[C@H](c2noc(-c3ccco3)n2)C1. The molecule has 0 aliphatic carbocycles. The number of hydrogen-bond acceptors (Lipinski definition) is 7. The van der Waals surface area contributed by atoms with Crippen LogP contribution in [0.1, 0.15) is 28.7 Å². The fourth-order valence-corrected chi connectivity index (χ4v) is 3.28. The van der Waals surface area contributed by atoms with E-state index in [0.29, 0.717) is 41.8 Å². The van der Waals surface area contributed by atoms with Crippen molar-refractivity contribution in [2.75, 3.05) is 13.1 Å². The number of aromatic nitrogens is 4. The second-order valence-corrected chi connectivity index (χ2v) is 6.42. The molecule has 0 saturated carbocycles. The summed E-state index contributed by atoms with van der Waals surface area (Å²) in [6.45, 7) is 1.13. The van der Waals surface area contributed by atoms with E-state index >= 15 is 0 Å². The Hall–Kier alpha value is -3.55. The Bertz CT molecular complexity index is 1110. The van der Waals surface area contributed by atoms with E-state index in [1.165, 1.54) is 6.20 Å². The van der Waals surface area contributed by atoms with Crippen LogP contribution in [0.5, 0.6) is 0 Å². The molecule has 0 N–H and O–H groups in total. The van der Waals surface area contributed by atoms with Crippen molar-refractivity contribution in [1.82, 2.24) is 25.0 Å². The maximum Gasteiger partial charge on any atom is 0.293 e. The first-order valence-corrected chi connectivity index (χ1v) is 8.66. The van der Waals surface area contributed by atoms with Gasteiger partial charge in [-0.15, -0.1) is 0 Å². The Morgan fingerprint density at radius 1 is 1.11 bits per heavy atom. The minimum atomic E-state index is -0.134. The predicted molar refractivity (Wildman–Crippen MR) is 94.8 cm³/mol. The van der Waals surface area contributed by atoms with Crippen LogP contribution >= 0.6 is 0 Å². The molecule has 134 valence electrons. The standard InChI is InChI=1S/C19H15N5O3/c25-19(15-10-20-13-4-1-2-5-14(13)21-15)24-8-7-12(11-24)17-22-18(27-23-17)16-6-3-9-26-16/h1-6,9-10,12H,7-8,11H2/t12-/m0/s1. The van der Waals surface area contributed by atoms with Gasteiger partial charge in [-0.3, -0.25) is 9.78 Å². The molecule has 0 radical (unpaired) electrons. The normalized spacial score (nSPS) is 16.9. The summed E-state index contributed by atoms with van der Waals surface area (Å²) in [5, 5.41) is 4.05. The van der Waals surface area contributed by atoms with Crippen molar-refractivity contribution >= 4 is 16.9 Å². The molecule has 4 heterocycles. The number of para-hydroxylation sites is 2. The van der Waals surface area contributed by atoms with Crippen LogP contribution in [0.4, 0.5) is 0 Å². The molecule has 5 rings (SSSR count). The first kappa shape index (κ1) is 15.7. The topological polar surface area (TPSA) is 98.2 Å². The highest BCUT2D eigenvalue weighted by atomic mass is 16.5. The van der Waals surface area contributed by atoms with E-state index in [4.69, 9.17) is 8.94 Å². The quantitative estimate of drug-likeness (QED) is 0.553. The summed E-state index contributed by atoms with van der Waals surface area (Å²) in [4.78, 5) is 27.7. The number of fused-ring (bicyclic) bond motifs is 1. The summed E-state index contributed by atoms with van der Waals surface area (Å²) in [5.41, 5.74) is 1.82. The minimum absolute atomic E-state index is 0.0230. The van der Waals surface area contributed by atoms with Gasteiger partial charge in [-0.1, -0.05) is 17.3 Å². The lowest BCUT2D eigenvalue weighted by Crippen LogP contribution is -2.29. The third-order valence-electron chi connectivity index (χ3n) is 4.68. The average molecular weight is 361 g/mol. The van der Waals surface area contributed by atoms with E-state index in [0.717, 1.165) is 11.9 Å². The molecule has 27 heavy (non-hydrogen) atoms. The number of rotatable bonds is 3. The molecule has 0 spiro atoms. The van der Waals surface area contributed by atoms with Crippen LogP contribution in [0.2, 0.25) is 0 Å². The number of hydrogen-bond donors (Lipinski definition) is 0. The molecule has 1 aromatic carbocycles. The number of carbonyl (C=O) groups is 1. The smallest absolute Gasteiger partial charge is 0.293 e. The predicted octanol–water partition coefficient (Wildman–Crippen LogP) is 2.90. The molecule has 0 bridgehead atoms. The van der Waals surface area contributed by atoms with Crippen LogP contribution in [0.25, 0.3) is 22.7 Å². The lowest BCUT2D eigenvalue weighted by molar-refractivity contribution is 0.0784. The number of nitrogens with zero attached hydrogens (tertiary/aromatic N) is 5. The maximum absolute atomic E-state index is 12.8. The third-order valence-corrected chi connectivity index (χ3v) is 4.68. The van der Waals surface area contributed by atoms with Gasteiger partial charge in [0, 0.05) is 19.0 Å². The van der Waals surface area contributed by atoms with Crippen LogP contribution in [0.3, 0.4) is 0 Å². The van der Waals surface area contributed by atoms with E-state index in [-0.39, 0.29) is 11.8 Å². The molecule has 1 fully saturated rings. The second kappa shape index (κ2) is 6.31. The molecule has 8 heteroatoms. The number of furan rings is 1. The Morgan fingerprint density at radius 3 is 2.85 bits per heavy atom. The molecule has 8 nitrogen and oxygen atoms in total. The molecule has 1 aliphatic heterocycles. The van der Waals surface area contributed by atoms with Crippen LogP contribution in [0, 0.1) is 0 Å². The molecule has 3 aromatic heterocycles. The van der Waals surface area contributed by atoms with Gasteiger partial charge in [-0.25, -0.2) is 4.98 Å². The summed E-state index contributed by atoms with van der Waals surface area (Å²) >= 11 is 0. The zero-order valence-electron chi connectivity index (χ0n) is 14.3. The lowest BCUT2D eigenvalue weighted by Gasteiger charge is -2.15. The van der Waals surface area contributed by atoms with Crippen LogP contribution in [-0.2, 0) is 0 Å². The number of likely N-dealkylation sites (tertiary alicyclic amines) is 1. The van der Waals surface area contributed by atoms with E-state index < -0.39 is 0 Å². The summed E-state index contributed by atoms with van der Waals surface area (Å²) in [6, 6.07) is 11.0. The van der Waals surface area contributed by atoms with E-state index in [1.54, 1.807) is 23.3 Å². The van der Waals surface area contributed by atoms with Crippen molar-refractivity contribution in [1.29, 1.82) is 0 Å². The maximum atomic E-state index is 12.8. The zero-order chi connectivity index (χ0) is 18.2. The third kappa shape index (κ3) is 2.84. The number of amides is 1. The Balaban J connectivity index is 1.33. The monoisotopic (exact) mass is 361 g/mol. The molecule has 1 aliphatic rings. The van der Waals surface area contributed by atoms with Crippen molar-refractivity contribution in [3.8, 4) is 11.7 Å². The Morgan fingerprint density at radius 2 is 2.00 bits per heavy atom. The highest BCUT2D eigenvalue weighted by molar-refractivity contribution is 5.94. The molecule has 4 aromatic rings. The van der Waals surface area contributed by atoms with E-state index in [2.05, 4.69) is 20.1 Å². The first-order chi connectivity index (χ1) is 13.3. The summed E-state index contributed by atoms with van der Waals surface area (Å²) in [5.74, 6) is 1.35. The van der Waals surface area contributed by atoms with Gasteiger partial charge in [0.1, 0.15) is 5.69 Å². The van der Waals surface area contributed by atoms with Crippen molar-refractivity contribution in [3.05, 3.63) is 60.4 Å². The number of benzene rings is 1. The number of carbonyl (C=O) groups excluding carboxylic acids is 1. The average Bonchev–Trinajstić information content (AvgIpc) is 3.47. The summed E-state index contributed by atoms with van der Waals surface area (Å²) < 4.78 is 10.5. The highest BCUT2D eigenvalue weighted by Gasteiger charge is 2.32. The van der Waals surface area contributed by atoms with Gasteiger partial charge in [0.25, 0.3) is 11.8 Å². The largest absolute Gasteiger partial charge is 0.459 e. The Kier molecular flexibility index (Phi) is 3.67. The lowest BCUT2D eigenvalue weighted by atomic mass is 10.1. The van der Waals surface area contributed by atoms with Crippen molar-refractivity contribution in [2.24, 2.45) is 0 Å². The van der Waals surface area contributed by atoms with Crippen molar-refractivity contribution in [2.45, 2.75) is 12.3 Å². The Labute approximate surface area is 153 Å². The van der Waals surface area contributed by atoms with Gasteiger partial charge >= 0.3 is 0 Å². The molecular weight excluding hydrogens is 346 g/mol. The summed E-state index contributed by atoms with van der Waals surface area (Å²) in [7, 11) is 0. The van der Waals surface area contributed by atoms with Gasteiger partial charge in [-0.2, -0.15) is 4.98 Å². The van der Waals surface area contributed by atoms with E-state index in [9.17, 15) is 4.79 Å². The molecule has 1 atom stereocenters. The summed E-state index contributed by atoms with van der Waals surface area (Å²) in [6.07, 6.45) is 3.85. The van der Waals surface area contributed by atoms with Crippen LogP contribution in [-0.4, -0.2) is 44.0 Å². The van der Waals surface area contributed by atoms with Gasteiger partial charge in [0.2, 0.25) is 0 Å². The molecule has 1 saturated heterocycles. The van der Waals surface area contributed by atoms with Crippen LogP contribution < -0.4 is 0 Å². The van der Waals surface area contributed by atoms with Gasteiger partial charge in [0.05, 0.1) is 23.5 Å². The van der Waals surface area contributed by atoms with Gasteiger partial charge in [-0.05, 0) is 30.7 Å².